The third kappa shape index (κ3) is 4.24. The molecule has 1 aliphatic rings. The van der Waals surface area contributed by atoms with Crippen LogP contribution in [0.15, 0.2) is 5.57 Å². The van der Waals surface area contributed by atoms with Crippen LogP contribution in [0.4, 0.5) is 13.2 Å². The maximum Gasteiger partial charge on any atom is 0.419 e. The molecule has 0 N–H and O–H groups in total. The summed E-state index contributed by atoms with van der Waals surface area (Å²) in [7, 11) is 0. The van der Waals surface area contributed by atoms with E-state index in [0.717, 1.165) is 24.5 Å². The normalized spacial score (nSPS) is 21.6. The Hall–Kier alpha value is -1.05. The van der Waals surface area contributed by atoms with Crippen LogP contribution in [0, 0.1) is 33.3 Å². The van der Waals surface area contributed by atoms with Gasteiger partial charge in [0.15, 0.2) is 5.25 Å². The van der Waals surface area contributed by atoms with Crippen molar-refractivity contribution in [2.75, 3.05) is 5.75 Å². The van der Waals surface area contributed by atoms with Crippen LogP contribution in [0.2, 0.25) is 0 Å². The Balaban J connectivity index is 2.90. The molecule has 6 heteroatoms. The van der Waals surface area contributed by atoms with Gasteiger partial charge in [-0.2, -0.15) is 18.4 Å². The highest BCUT2D eigenvalue weighted by molar-refractivity contribution is 8.02. The fourth-order valence-corrected chi connectivity index (χ4v) is 4.76. The summed E-state index contributed by atoms with van der Waals surface area (Å²) in [5.41, 5.74) is -1.44. The van der Waals surface area contributed by atoms with E-state index in [9.17, 15) is 13.2 Å². The minimum absolute atomic E-state index is 0.0267. The van der Waals surface area contributed by atoms with Gasteiger partial charge < -0.3 is 5.41 Å². The molecule has 0 aromatic heterocycles. The first-order chi connectivity index (χ1) is 9.95. The molecule has 0 saturated heterocycles. The van der Waals surface area contributed by atoms with Crippen LogP contribution in [0.5, 0.6) is 0 Å². The van der Waals surface area contributed by atoms with E-state index in [1.54, 1.807) is 6.07 Å². The van der Waals surface area contributed by atoms with Crippen molar-refractivity contribution in [1.82, 2.24) is 0 Å². The summed E-state index contributed by atoms with van der Waals surface area (Å²) in [5.74, 6) is -0.278. The Morgan fingerprint density at radius 3 is 2.14 bits per heavy atom. The maximum absolute atomic E-state index is 12.8. The van der Waals surface area contributed by atoms with Gasteiger partial charge in [-0.1, -0.05) is 0 Å². The average molecular weight is 330 g/mol. The van der Waals surface area contributed by atoms with Crippen LogP contribution in [-0.2, 0) is 0 Å². The fourth-order valence-electron chi connectivity index (χ4n) is 3.20. The SMILES string of the molecule is CC1(C)CCCC(C)(C)[C+]1SC[C@@H](C#N)C(=C=[N-])C(F)(F)F. The Labute approximate surface area is 134 Å². The van der Waals surface area contributed by atoms with Crippen LogP contribution < -0.4 is 0 Å². The highest BCUT2D eigenvalue weighted by Crippen LogP contribution is 2.58. The number of hydrogen-bond acceptors (Lipinski definition) is 2. The number of allylic oxidation sites excluding steroid dienone is 1. The number of nitrogens with zero attached hydrogens (tertiary/aromatic N) is 2. The van der Waals surface area contributed by atoms with Gasteiger partial charge in [-0.25, -0.2) is 0 Å². The molecule has 0 spiro atoms. The number of nitriles is 1. The molecule has 0 aliphatic heterocycles. The largest absolute Gasteiger partial charge is 0.763 e. The zero-order valence-corrected chi connectivity index (χ0v) is 14.2. The van der Waals surface area contributed by atoms with Crippen LogP contribution in [-0.4, -0.2) is 17.8 Å². The van der Waals surface area contributed by atoms with Gasteiger partial charge in [-0.15, -0.1) is 0 Å². The van der Waals surface area contributed by atoms with E-state index in [0.29, 0.717) is 0 Å². The number of halogens is 3. The molecule has 0 aromatic carbocycles. The summed E-state index contributed by atoms with van der Waals surface area (Å²) in [6.45, 7) is 8.37. The van der Waals surface area contributed by atoms with Crippen molar-refractivity contribution < 1.29 is 13.2 Å². The molecule has 122 valence electrons. The van der Waals surface area contributed by atoms with E-state index >= 15 is 0 Å². The number of alkyl halides is 3. The van der Waals surface area contributed by atoms with E-state index in [1.807, 2.05) is 0 Å². The van der Waals surface area contributed by atoms with Crippen molar-refractivity contribution in [3.63, 3.8) is 0 Å². The molecule has 0 bridgehead atoms. The standard InChI is InChI=1S/C16H21F3N2S/c1-14(2)6-5-7-15(3,4)13(14)22-10-11(8-20)12(9-21)16(17,18)19/h11H,5-7,10H2,1-4H3/t11-/m1/s1. The lowest BCUT2D eigenvalue weighted by Crippen LogP contribution is -2.37. The summed E-state index contributed by atoms with van der Waals surface area (Å²) >= 11 is 1.33. The molecule has 1 rings (SSSR count). The van der Waals surface area contributed by atoms with Gasteiger partial charge in [0.1, 0.15) is 10.8 Å². The molecule has 1 saturated carbocycles. The zero-order chi connectivity index (χ0) is 17.2. The minimum atomic E-state index is -4.74. The van der Waals surface area contributed by atoms with Crippen molar-refractivity contribution in [3.05, 3.63) is 16.2 Å². The molecule has 22 heavy (non-hydrogen) atoms. The molecule has 1 atom stereocenters. The smallest absolute Gasteiger partial charge is 0.419 e. The molecule has 0 aromatic rings. The van der Waals surface area contributed by atoms with Crippen molar-refractivity contribution in [3.8, 4) is 6.07 Å². The molecule has 1 fully saturated rings. The van der Waals surface area contributed by atoms with Gasteiger partial charge in [0.25, 0.3) is 0 Å². The van der Waals surface area contributed by atoms with Crippen molar-refractivity contribution in [2.24, 2.45) is 16.7 Å². The fraction of sp³-hybridized carbons (Fsp3) is 0.750. The monoisotopic (exact) mass is 330 g/mol. The molecule has 0 unspecified atom stereocenters. The van der Waals surface area contributed by atoms with E-state index in [1.165, 1.54) is 17.6 Å². The highest BCUT2D eigenvalue weighted by Gasteiger charge is 2.55. The Morgan fingerprint density at radius 2 is 1.77 bits per heavy atom. The summed E-state index contributed by atoms with van der Waals surface area (Å²) in [5, 5.41) is 18.9. The van der Waals surface area contributed by atoms with Crippen molar-refractivity contribution in [1.29, 1.82) is 5.26 Å². The summed E-state index contributed by atoms with van der Waals surface area (Å²) < 4.78 is 38.4. The lowest BCUT2D eigenvalue weighted by molar-refractivity contribution is -0.0943. The van der Waals surface area contributed by atoms with Crippen LogP contribution >= 0.6 is 11.8 Å². The van der Waals surface area contributed by atoms with Gasteiger partial charge >= 0.3 is 6.18 Å². The third-order valence-electron chi connectivity index (χ3n) is 4.16. The lowest BCUT2D eigenvalue weighted by Gasteiger charge is -2.38. The third-order valence-corrected chi connectivity index (χ3v) is 6.05. The van der Waals surface area contributed by atoms with E-state index in [2.05, 4.69) is 27.7 Å². The molecule has 2 nitrogen and oxygen atoms in total. The molecule has 1 aliphatic carbocycles. The van der Waals surface area contributed by atoms with Crippen LogP contribution in [0.1, 0.15) is 47.0 Å². The van der Waals surface area contributed by atoms with Crippen molar-refractivity contribution in [2.45, 2.75) is 53.1 Å². The quantitative estimate of drug-likeness (QED) is 0.515. The zero-order valence-electron chi connectivity index (χ0n) is 13.3. The lowest BCUT2D eigenvalue weighted by atomic mass is 9.65. The van der Waals surface area contributed by atoms with Gasteiger partial charge in [-0.05, 0) is 47.0 Å². The first kappa shape index (κ1) is 19.0. The van der Waals surface area contributed by atoms with Gasteiger partial charge in [0.2, 0.25) is 0 Å². The molecule has 0 heterocycles. The second kappa shape index (κ2) is 6.60. The van der Waals surface area contributed by atoms with E-state index in [-0.39, 0.29) is 16.6 Å². The average Bonchev–Trinajstić information content (AvgIpc) is 2.33. The Morgan fingerprint density at radius 1 is 1.27 bits per heavy atom. The molecular weight excluding hydrogens is 309 g/mol. The number of rotatable bonds is 4. The topological polar surface area (TPSA) is 46.1 Å². The summed E-state index contributed by atoms with van der Waals surface area (Å²) in [6, 6.07) is 1.64. The molecule has 0 amide bonds. The second-order valence-corrected chi connectivity index (χ2v) is 8.00. The van der Waals surface area contributed by atoms with Gasteiger partial charge in [0.05, 0.1) is 35.1 Å². The predicted molar refractivity (Wildman–Crippen MR) is 84.2 cm³/mol. The van der Waals surface area contributed by atoms with Crippen molar-refractivity contribution >= 4 is 17.6 Å². The first-order valence-corrected chi connectivity index (χ1v) is 8.19. The maximum atomic E-state index is 12.8. The van der Waals surface area contributed by atoms with E-state index < -0.39 is 17.7 Å². The molecule has 0 radical (unpaired) electrons. The number of hydrogen-bond donors (Lipinski definition) is 0. The van der Waals surface area contributed by atoms with Gasteiger partial charge in [-0.3, -0.25) is 5.87 Å². The predicted octanol–water partition coefficient (Wildman–Crippen LogP) is 5.36. The second-order valence-electron chi connectivity index (χ2n) is 6.97. The summed E-state index contributed by atoms with van der Waals surface area (Å²) in [6.07, 6.45) is -1.67. The van der Waals surface area contributed by atoms with E-state index in [4.69, 9.17) is 10.7 Å². The Kier molecular flexibility index (Phi) is 5.70. The minimum Gasteiger partial charge on any atom is -0.763 e. The number of thioether (sulfide) groups is 1. The van der Waals surface area contributed by atoms with Gasteiger partial charge in [0, 0.05) is 0 Å². The van der Waals surface area contributed by atoms with Crippen LogP contribution in [0.3, 0.4) is 0 Å². The first-order valence-electron chi connectivity index (χ1n) is 7.20. The highest BCUT2D eigenvalue weighted by atomic mass is 32.2. The molecular formula is C16H21F3N2S. The Bertz CT molecular complexity index is 481. The van der Waals surface area contributed by atoms with Crippen LogP contribution in [0.25, 0.3) is 5.41 Å². The summed E-state index contributed by atoms with van der Waals surface area (Å²) in [4.78, 5) is 0.